The molecule has 1 nitrogen and oxygen atoms in total. The second-order valence-electron chi connectivity index (χ2n) is 4.73. The number of thiophene rings is 1. The molecule has 1 aliphatic rings. The number of nitrogens with two attached hydrogens (primary N) is 1. The highest BCUT2D eigenvalue weighted by molar-refractivity contribution is 7.10. The maximum absolute atomic E-state index is 6.45. The predicted octanol–water partition coefficient (Wildman–Crippen LogP) is 3.87. The highest BCUT2D eigenvalue weighted by Gasteiger charge is 2.27. The molecule has 0 saturated heterocycles. The molecule has 88 valence electrons. The summed E-state index contributed by atoms with van der Waals surface area (Å²) in [5.41, 5.74) is 9.21. The maximum atomic E-state index is 6.45. The van der Waals surface area contributed by atoms with Crippen LogP contribution < -0.4 is 5.73 Å². The Bertz CT molecular complexity index is 489. The summed E-state index contributed by atoms with van der Waals surface area (Å²) in [7, 11) is 0. The van der Waals surface area contributed by atoms with Crippen LogP contribution in [0.25, 0.3) is 0 Å². The molecule has 1 aromatic carbocycles. The average Bonchev–Trinajstić information content (AvgIpc) is 2.87. The average molecular weight is 243 g/mol. The van der Waals surface area contributed by atoms with E-state index in [1.807, 2.05) is 17.4 Å². The molecule has 2 atom stereocenters. The normalized spacial score (nSPS) is 20.9. The van der Waals surface area contributed by atoms with Crippen LogP contribution in [0.1, 0.15) is 40.8 Å². The Morgan fingerprint density at radius 1 is 1.18 bits per heavy atom. The third-order valence-corrected chi connectivity index (χ3v) is 4.71. The molecule has 0 fully saturated rings. The van der Waals surface area contributed by atoms with Crippen LogP contribution in [0.4, 0.5) is 0 Å². The highest BCUT2D eigenvalue weighted by Crippen LogP contribution is 2.41. The van der Waals surface area contributed by atoms with Crippen LogP contribution in [0.5, 0.6) is 0 Å². The topological polar surface area (TPSA) is 26.0 Å². The lowest BCUT2D eigenvalue weighted by molar-refractivity contribution is 0.479. The fraction of sp³-hybridized carbons (Fsp3) is 0.333. The number of hydrogen-bond donors (Lipinski definition) is 1. The van der Waals surface area contributed by atoms with Crippen molar-refractivity contribution in [2.45, 2.75) is 31.2 Å². The minimum atomic E-state index is 0.143. The Hall–Kier alpha value is -1.12. The molecular formula is C15H17NS. The second-order valence-corrected chi connectivity index (χ2v) is 5.73. The molecule has 0 bridgehead atoms. The molecule has 3 rings (SSSR count). The molecule has 2 unspecified atom stereocenters. The van der Waals surface area contributed by atoms with Gasteiger partial charge in [-0.2, -0.15) is 0 Å². The van der Waals surface area contributed by atoms with Gasteiger partial charge in [0.15, 0.2) is 0 Å². The Balaban J connectivity index is 1.92. The van der Waals surface area contributed by atoms with Crippen molar-refractivity contribution in [3.8, 4) is 0 Å². The summed E-state index contributed by atoms with van der Waals surface area (Å²) in [4.78, 5) is 1.55. The lowest BCUT2D eigenvalue weighted by Crippen LogP contribution is -2.22. The maximum Gasteiger partial charge on any atom is 0.0364 e. The summed E-state index contributed by atoms with van der Waals surface area (Å²) in [6.07, 6.45) is 3.74. The standard InChI is InChI=1S/C15H17NS/c16-15(11-5-2-1-3-6-11)13-7-4-8-14-12(13)9-10-17-14/h1-3,5-6,9-10,13,15H,4,7-8,16H2. The summed E-state index contributed by atoms with van der Waals surface area (Å²) in [6.45, 7) is 0. The summed E-state index contributed by atoms with van der Waals surface area (Å²) < 4.78 is 0. The smallest absolute Gasteiger partial charge is 0.0364 e. The number of rotatable bonds is 2. The lowest BCUT2D eigenvalue weighted by Gasteiger charge is -2.28. The molecular weight excluding hydrogens is 226 g/mol. The third kappa shape index (κ3) is 2.03. The van der Waals surface area contributed by atoms with Crippen LogP contribution in [0, 0.1) is 0 Å². The predicted molar refractivity (Wildman–Crippen MR) is 73.4 cm³/mol. The van der Waals surface area contributed by atoms with Gasteiger partial charge in [0.1, 0.15) is 0 Å². The fourth-order valence-electron chi connectivity index (χ4n) is 2.80. The Morgan fingerprint density at radius 2 is 2.00 bits per heavy atom. The molecule has 1 aromatic heterocycles. The molecule has 0 spiro atoms. The van der Waals surface area contributed by atoms with Gasteiger partial charge in [0.05, 0.1) is 0 Å². The first kappa shape index (κ1) is 11.0. The van der Waals surface area contributed by atoms with Crippen LogP contribution in [-0.4, -0.2) is 0 Å². The van der Waals surface area contributed by atoms with Crippen LogP contribution in [-0.2, 0) is 6.42 Å². The number of fused-ring (bicyclic) bond motifs is 1. The quantitative estimate of drug-likeness (QED) is 0.851. The molecule has 17 heavy (non-hydrogen) atoms. The lowest BCUT2D eigenvalue weighted by atomic mass is 9.80. The van der Waals surface area contributed by atoms with Crippen molar-refractivity contribution in [1.29, 1.82) is 0 Å². The number of hydrogen-bond acceptors (Lipinski definition) is 2. The van der Waals surface area contributed by atoms with Crippen LogP contribution in [0.3, 0.4) is 0 Å². The highest BCUT2D eigenvalue weighted by atomic mass is 32.1. The van der Waals surface area contributed by atoms with Gasteiger partial charge in [-0.15, -0.1) is 11.3 Å². The Labute approximate surface area is 106 Å². The first-order chi connectivity index (χ1) is 8.36. The van der Waals surface area contributed by atoms with Crippen LogP contribution in [0.2, 0.25) is 0 Å². The van der Waals surface area contributed by atoms with E-state index in [0.29, 0.717) is 5.92 Å². The largest absolute Gasteiger partial charge is 0.323 e. The van der Waals surface area contributed by atoms with Crippen molar-refractivity contribution in [2.75, 3.05) is 0 Å². The molecule has 0 amide bonds. The third-order valence-electron chi connectivity index (χ3n) is 3.72. The van der Waals surface area contributed by atoms with Crippen molar-refractivity contribution < 1.29 is 0 Å². The van der Waals surface area contributed by atoms with Crippen LogP contribution in [0.15, 0.2) is 41.8 Å². The van der Waals surface area contributed by atoms with E-state index >= 15 is 0 Å². The molecule has 0 radical (unpaired) electrons. The van der Waals surface area contributed by atoms with Crippen molar-refractivity contribution in [3.63, 3.8) is 0 Å². The van der Waals surface area contributed by atoms with Crippen molar-refractivity contribution in [1.82, 2.24) is 0 Å². The van der Waals surface area contributed by atoms with E-state index in [4.69, 9.17) is 5.73 Å². The van der Waals surface area contributed by atoms with E-state index in [0.717, 1.165) is 0 Å². The zero-order chi connectivity index (χ0) is 11.7. The zero-order valence-electron chi connectivity index (χ0n) is 9.80. The number of benzene rings is 1. The second kappa shape index (κ2) is 4.63. The van der Waals surface area contributed by atoms with Crippen molar-refractivity contribution >= 4 is 11.3 Å². The van der Waals surface area contributed by atoms with Gasteiger partial charge in [0.25, 0.3) is 0 Å². The van der Waals surface area contributed by atoms with E-state index in [9.17, 15) is 0 Å². The fourth-order valence-corrected chi connectivity index (χ4v) is 3.80. The number of aryl methyl sites for hydroxylation is 1. The first-order valence-electron chi connectivity index (χ1n) is 6.23. The van der Waals surface area contributed by atoms with Gasteiger partial charge in [-0.05, 0) is 41.8 Å². The minimum absolute atomic E-state index is 0.143. The molecule has 1 heterocycles. The zero-order valence-corrected chi connectivity index (χ0v) is 10.6. The molecule has 2 N–H and O–H groups in total. The Kier molecular flexibility index (Phi) is 3.00. The molecule has 2 aromatic rings. The van der Waals surface area contributed by atoms with Gasteiger partial charge < -0.3 is 5.73 Å². The van der Waals surface area contributed by atoms with E-state index < -0.39 is 0 Å². The summed E-state index contributed by atoms with van der Waals surface area (Å²) >= 11 is 1.89. The van der Waals surface area contributed by atoms with E-state index in [1.165, 1.54) is 30.4 Å². The summed E-state index contributed by atoms with van der Waals surface area (Å²) in [5, 5.41) is 2.21. The molecule has 0 aliphatic heterocycles. The van der Waals surface area contributed by atoms with Crippen LogP contribution >= 0.6 is 11.3 Å². The van der Waals surface area contributed by atoms with Gasteiger partial charge in [0.2, 0.25) is 0 Å². The van der Waals surface area contributed by atoms with Crippen molar-refractivity contribution in [3.05, 3.63) is 57.8 Å². The van der Waals surface area contributed by atoms with E-state index in [1.54, 1.807) is 4.88 Å². The van der Waals surface area contributed by atoms with Gasteiger partial charge in [-0.1, -0.05) is 30.3 Å². The van der Waals surface area contributed by atoms with Crippen molar-refractivity contribution in [2.24, 2.45) is 5.73 Å². The molecule has 0 saturated carbocycles. The minimum Gasteiger partial charge on any atom is -0.323 e. The summed E-state index contributed by atoms with van der Waals surface area (Å²) in [6, 6.07) is 12.9. The van der Waals surface area contributed by atoms with Gasteiger partial charge in [-0.3, -0.25) is 0 Å². The van der Waals surface area contributed by atoms with E-state index in [-0.39, 0.29) is 6.04 Å². The molecule has 1 aliphatic carbocycles. The molecule has 2 heteroatoms. The van der Waals surface area contributed by atoms with Gasteiger partial charge in [0, 0.05) is 16.8 Å². The summed E-state index contributed by atoms with van der Waals surface area (Å²) in [5.74, 6) is 0.507. The Morgan fingerprint density at radius 3 is 2.82 bits per heavy atom. The van der Waals surface area contributed by atoms with E-state index in [2.05, 4.69) is 35.7 Å². The van der Waals surface area contributed by atoms with Gasteiger partial charge >= 0.3 is 0 Å². The monoisotopic (exact) mass is 243 g/mol. The van der Waals surface area contributed by atoms with Gasteiger partial charge in [-0.25, -0.2) is 0 Å². The SMILES string of the molecule is NC(c1ccccc1)C1CCCc2sccc21. The first-order valence-corrected chi connectivity index (χ1v) is 7.11.